The molecule has 1 saturated carbocycles. The van der Waals surface area contributed by atoms with E-state index >= 15 is 0 Å². The molecule has 4 rings (SSSR count). The molecule has 2 aromatic carbocycles. The Labute approximate surface area is 173 Å². The predicted molar refractivity (Wildman–Crippen MR) is 117 cm³/mol. The van der Waals surface area contributed by atoms with Crippen LogP contribution in [-0.2, 0) is 0 Å². The standard InChI is InChI=1S/C22H22ClN3O3/c1-13-10-11-15(12-17(13)23)25-22(28)26-20-19(24-14-6-2-3-7-14)16-8-4-5-9-18(16)29-21(20)27/h4-5,8-12,14,24H,2-3,6-7H2,1H3,(H2,25,26,28). The fourth-order valence-corrected chi connectivity index (χ4v) is 3.81. The van der Waals surface area contributed by atoms with Gasteiger partial charge in [-0.05, 0) is 49.6 Å². The number of urea groups is 1. The highest BCUT2D eigenvalue weighted by Gasteiger charge is 2.21. The molecule has 0 bridgehead atoms. The summed E-state index contributed by atoms with van der Waals surface area (Å²) in [5.41, 5.74) is 2.03. The molecular weight excluding hydrogens is 390 g/mol. The topological polar surface area (TPSA) is 83.4 Å². The second-order valence-corrected chi connectivity index (χ2v) is 7.71. The zero-order chi connectivity index (χ0) is 20.4. The SMILES string of the molecule is Cc1ccc(NC(=O)Nc2c(NC3CCCC3)c3ccccc3oc2=O)cc1Cl. The summed E-state index contributed by atoms with van der Waals surface area (Å²) in [5.74, 6) is 0. The zero-order valence-corrected chi connectivity index (χ0v) is 16.8. The number of nitrogens with one attached hydrogen (secondary N) is 3. The van der Waals surface area contributed by atoms with Gasteiger partial charge < -0.3 is 15.1 Å². The first-order chi connectivity index (χ1) is 14.0. The van der Waals surface area contributed by atoms with Crippen molar-refractivity contribution >= 4 is 45.7 Å². The van der Waals surface area contributed by atoms with Gasteiger partial charge in [0.05, 0.1) is 5.69 Å². The highest BCUT2D eigenvalue weighted by molar-refractivity contribution is 6.31. The fraction of sp³-hybridized carbons (Fsp3) is 0.273. The number of hydrogen-bond donors (Lipinski definition) is 3. The van der Waals surface area contributed by atoms with E-state index in [4.69, 9.17) is 16.0 Å². The third-order valence-corrected chi connectivity index (χ3v) is 5.59. The molecule has 3 aromatic rings. The fourth-order valence-electron chi connectivity index (χ4n) is 3.63. The number of carbonyl (C=O) groups excluding carboxylic acids is 1. The first-order valence-electron chi connectivity index (χ1n) is 9.68. The molecule has 0 saturated heterocycles. The first-order valence-corrected chi connectivity index (χ1v) is 10.1. The predicted octanol–water partition coefficient (Wildman–Crippen LogP) is 5.75. The number of para-hydroxylation sites is 1. The van der Waals surface area contributed by atoms with Crippen LogP contribution in [0, 0.1) is 6.92 Å². The van der Waals surface area contributed by atoms with Gasteiger partial charge in [0, 0.05) is 22.1 Å². The van der Waals surface area contributed by atoms with Gasteiger partial charge in [-0.25, -0.2) is 9.59 Å². The van der Waals surface area contributed by atoms with Gasteiger partial charge in [-0.3, -0.25) is 5.32 Å². The van der Waals surface area contributed by atoms with E-state index in [1.807, 2.05) is 31.2 Å². The van der Waals surface area contributed by atoms with Crippen molar-refractivity contribution in [3.05, 3.63) is 63.5 Å². The Kier molecular flexibility index (Phi) is 5.45. The van der Waals surface area contributed by atoms with Crippen molar-refractivity contribution in [2.75, 3.05) is 16.0 Å². The van der Waals surface area contributed by atoms with Crippen LogP contribution in [0.1, 0.15) is 31.2 Å². The molecule has 1 aliphatic rings. The third kappa shape index (κ3) is 4.22. The van der Waals surface area contributed by atoms with Crippen molar-refractivity contribution in [2.24, 2.45) is 0 Å². The van der Waals surface area contributed by atoms with Crippen LogP contribution in [0.3, 0.4) is 0 Å². The van der Waals surface area contributed by atoms with Gasteiger partial charge >= 0.3 is 11.7 Å². The van der Waals surface area contributed by atoms with Crippen molar-refractivity contribution < 1.29 is 9.21 Å². The van der Waals surface area contributed by atoms with Crippen LogP contribution in [-0.4, -0.2) is 12.1 Å². The molecule has 0 radical (unpaired) electrons. The Morgan fingerprint density at radius 2 is 1.83 bits per heavy atom. The zero-order valence-electron chi connectivity index (χ0n) is 16.0. The number of hydrogen-bond acceptors (Lipinski definition) is 4. The molecule has 7 heteroatoms. The molecule has 1 aromatic heterocycles. The number of fused-ring (bicyclic) bond motifs is 1. The second kappa shape index (κ2) is 8.17. The molecule has 0 unspecified atom stereocenters. The van der Waals surface area contributed by atoms with Gasteiger partial charge in [-0.15, -0.1) is 0 Å². The van der Waals surface area contributed by atoms with E-state index in [0.29, 0.717) is 22.0 Å². The molecule has 2 amide bonds. The monoisotopic (exact) mass is 411 g/mol. The van der Waals surface area contributed by atoms with E-state index in [0.717, 1.165) is 36.6 Å². The van der Waals surface area contributed by atoms with Gasteiger partial charge in [0.1, 0.15) is 5.58 Å². The molecular formula is C22H22ClN3O3. The molecule has 1 heterocycles. The molecule has 6 nitrogen and oxygen atoms in total. The van der Waals surface area contributed by atoms with E-state index in [9.17, 15) is 9.59 Å². The van der Waals surface area contributed by atoms with Crippen molar-refractivity contribution in [1.82, 2.24) is 0 Å². The smallest absolute Gasteiger partial charge is 0.362 e. The summed E-state index contributed by atoms with van der Waals surface area (Å²) in [5, 5.41) is 10.1. The van der Waals surface area contributed by atoms with Crippen LogP contribution in [0.2, 0.25) is 5.02 Å². The lowest BCUT2D eigenvalue weighted by Crippen LogP contribution is -2.26. The van der Waals surface area contributed by atoms with Gasteiger partial charge in [-0.1, -0.05) is 42.6 Å². The van der Waals surface area contributed by atoms with Gasteiger partial charge in [0.2, 0.25) is 0 Å². The summed E-state index contributed by atoms with van der Waals surface area (Å²) in [6.07, 6.45) is 4.35. The van der Waals surface area contributed by atoms with Gasteiger partial charge in [0.15, 0.2) is 5.69 Å². The maximum Gasteiger partial charge on any atom is 0.362 e. The van der Waals surface area contributed by atoms with Crippen LogP contribution < -0.4 is 21.6 Å². The van der Waals surface area contributed by atoms with Gasteiger partial charge in [-0.2, -0.15) is 0 Å². The van der Waals surface area contributed by atoms with Crippen LogP contribution in [0.4, 0.5) is 21.9 Å². The number of rotatable bonds is 4. The summed E-state index contributed by atoms with van der Waals surface area (Å²) in [7, 11) is 0. The molecule has 150 valence electrons. The van der Waals surface area contributed by atoms with E-state index in [-0.39, 0.29) is 11.7 Å². The highest BCUT2D eigenvalue weighted by atomic mass is 35.5. The molecule has 0 aliphatic heterocycles. The normalized spacial score (nSPS) is 14.1. The minimum Gasteiger partial charge on any atom is -0.421 e. The first kappa shape index (κ1) is 19.3. The van der Waals surface area contributed by atoms with Crippen molar-refractivity contribution in [2.45, 2.75) is 38.6 Å². The number of anilines is 3. The number of carbonyl (C=O) groups is 1. The van der Waals surface area contributed by atoms with E-state index in [1.54, 1.807) is 18.2 Å². The Balaban J connectivity index is 1.66. The quantitative estimate of drug-likeness (QED) is 0.477. The number of halogens is 1. The van der Waals surface area contributed by atoms with Crippen LogP contribution in [0.25, 0.3) is 11.0 Å². The molecule has 1 fully saturated rings. The van der Waals surface area contributed by atoms with E-state index in [1.165, 1.54) is 0 Å². The number of benzene rings is 2. The minimum absolute atomic E-state index is 0.103. The molecule has 0 spiro atoms. The Hall–Kier alpha value is -2.99. The largest absolute Gasteiger partial charge is 0.421 e. The van der Waals surface area contributed by atoms with Crippen LogP contribution in [0.5, 0.6) is 0 Å². The summed E-state index contributed by atoms with van der Waals surface area (Å²) < 4.78 is 5.42. The van der Waals surface area contributed by atoms with Crippen LogP contribution >= 0.6 is 11.6 Å². The lowest BCUT2D eigenvalue weighted by molar-refractivity contribution is 0.262. The van der Waals surface area contributed by atoms with Crippen molar-refractivity contribution in [3.63, 3.8) is 0 Å². The second-order valence-electron chi connectivity index (χ2n) is 7.30. The Morgan fingerprint density at radius 3 is 2.59 bits per heavy atom. The maximum atomic E-state index is 12.6. The lowest BCUT2D eigenvalue weighted by Gasteiger charge is -2.18. The number of amides is 2. The summed E-state index contributed by atoms with van der Waals surface area (Å²) >= 11 is 6.12. The van der Waals surface area contributed by atoms with Crippen molar-refractivity contribution in [3.8, 4) is 0 Å². The number of aryl methyl sites for hydroxylation is 1. The average molecular weight is 412 g/mol. The molecule has 3 N–H and O–H groups in total. The molecule has 0 atom stereocenters. The third-order valence-electron chi connectivity index (χ3n) is 5.19. The van der Waals surface area contributed by atoms with Crippen molar-refractivity contribution in [1.29, 1.82) is 0 Å². The lowest BCUT2D eigenvalue weighted by atomic mass is 10.1. The van der Waals surface area contributed by atoms with E-state index < -0.39 is 11.7 Å². The summed E-state index contributed by atoms with van der Waals surface area (Å²) in [6.45, 7) is 1.88. The van der Waals surface area contributed by atoms with E-state index in [2.05, 4.69) is 16.0 Å². The molecule has 1 aliphatic carbocycles. The minimum atomic E-state index is -0.596. The Morgan fingerprint density at radius 1 is 1.07 bits per heavy atom. The summed E-state index contributed by atoms with van der Waals surface area (Å²) in [4.78, 5) is 25.2. The van der Waals surface area contributed by atoms with Crippen LogP contribution in [0.15, 0.2) is 51.7 Å². The van der Waals surface area contributed by atoms with Gasteiger partial charge in [0.25, 0.3) is 0 Å². The maximum absolute atomic E-state index is 12.6. The highest BCUT2D eigenvalue weighted by Crippen LogP contribution is 2.32. The Bertz CT molecular complexity index is 1120. The average Bonchev–Trinajstić information content (AvgIpc) is 3.20. The summed E-state index contributed by atoms with van der Waals surface area (Å²) in [6, 6.07) is 12.3. The molecule has 29 heavy (non-hydrogen) atoms.